The highest BCUT2D eigenvalue weighted by Gasteiger charge is 2.49. The molecule has 4 aromatic rings. The van der Waals surface area contributed by atoms with E-state index in [9.17, 15) is 4.79 Å². The lowest BCUT2D eigenvalue weighted by atomic mass is 10.0. The number of rotatable bonds is 7. The molecule has 0 spiro atoms. The molecule has 1 amide bonds. The van der Waals surface area contributed by atoms with Crippen molar-refractivity contribution < 1.29 is 9.53 Å². The van der Waals surface area contributed by atoms with Crippen LogP contribution in [0.25, 0.3) is 11.3 Å². The van der Waals surface area contributed by atoms with Crippen molar-refractivity contribution in [3.8, 4) is 23.1 Å². The zero-order chi connectivity index (χ0) is 33.5. The molecule has 3 saturated carbocycles. The molecule has 1 aliphatic heterocycles. The number of pyridine rings is 2. The summed E-state index contributed by atoms with van der Waals surface area (Å²) in [7, 11) is 0. The van der Waals surface area contributed by atoms with Gasteiger partial charge in [0.2, 0.25) is 5.95 Å². The lowest BCUT2D eigenvalue weighted by Crippen LogP contribution is -2.43. The van der Waals surface area contributed by atoms with E-state index in [0.29, 0.717) is 34.6 Å². The first-order valence-corrected chi connectivity index (χ1v) is 17.6. The minimum Gasteiger partial charge on any atom is -0.383 e. The Labute approximate surface area is 288 Å². The molecule has 0 bridgehead atoms. The van der Waals surface area contributed by atoms with Crippen molar-refractivity contribution in [2.24, 2.45) is 0 Å². The van der Waals surface area contributed by atoms with Crippen molar-refractivity contribution in [3.63, 3.8) is 0 Å². The number of nitrogens with two attached hydrogens (primary N) is 1. The molecule has 49 heavy (non-hydrogen) atoms. The van der Waals surface area contributed by atoms with Crippen molar-refractivity contribution in [1.29, 1.82) is 0 Å². The van der Waals surface area contributed by atoms with Crippen LogP contribution in [-0.4, -0.2) is 63.1 Å². The normalized spacial score (nSPS) is 18.2. The van der Waals surface area contributed by atoms with Gasteiger partial charge in [0.05, 0.1) is 24.5 Å². The lowest BCUT2D eigenvalue weighted by Gasteiger charge is -2.35. The molecule has 0 atom stereocenters. The zero-order valence-electron chi connectivity index (χ0n) is 28.0. The average molecular weight is 657 g/mol. The van der Waals surface area contributed by atoms with Gasteiger partial charge in [-0.05, 0) is 79.6 Å². The monoisotopic (exact) mass is 656 g/mol. The van der Waals surface area contributed by atoms with Gasteiger partial charge in [0.25, 0.3) is 5.91 Å². The van der Waals surface area contributed by atoms with Crippen molar-refractivity contribution >= 4 is 23.4 Å². The van der Waals surface area contributed by atoms with Crippen LogP contribution in [0, 0.1) is 11.8 Å². The lowest BCUT2D eigenvalue weighted by molar-refractivity contribution is 0.00828. The van der Waals surface area contributed by atoms with Crippen LogP contribution in [0.3, 0.4) is 0 Å². The molecule has 3 aromatic heterocycles. The maximum atomic E-state index is 12.3. The Morgan fingerprint density at radius 1 is 0.878 bits per heavy atom. The van der Waals surface area contributed by atoms with Crippen LogP contribution in [0.5, 0.6) is 0 Å². The summed E-state index contributed by atoms with van der Waals surface area (Å²) < 4.78 is 5.54. The maximum absolute atomic E-state index is 12.3. The van der Waals surface area contributed by atoms with Crippen LogP contribution >= 0.6 is 0 Å². The summed E-state index contributed by atoms with van der Waals surface area (Å²) in [5, 5.41) is 6.18. The molecule has 252 valence electrons. The van der Waals surface area contributed by atoms with E-state index in [-0.39, 0.29) is 11.4 Å². The molecule has 1 aromatic carbocycles. The summed E-state index contributed by atoms with van der Waals surface area (Å²) >= 11 is 0. The van der Waals surface area contributed by atoms with Gasteiger partial charge in [-0.1, -0.05) is 50.5 Å². The molecule has 10 nitrogen and oxygen atoms in total. The van der Waals surface area contributed by atoms with E-state index in [4.69, 9.17) is 15.5 Å². The number of amides is 1. The number of hydrogen-bond donors (Lipinski definition) is 3. The van der Waals surface area contributed by atoms with Gasteiger partial charge in [-0.15, -0.1) is 0 Å². The highest BCUT2D eigenvalue weighted by Crippen LogP contribution is 2.51. The molecule has 0 unspecified atom stereocenters. The molecule has 1 saturated heterocycles. The van der Waals surface area contributed by atoms with E-state index >= 15 is 0 Å². The second-order valence-corrected chi connectivity index (χ2v) is 13.3. The number of carbonyl (C=O) groups is 1. The molecule has 4 N–H and O–H groups in total. The topological polar surface area (TPSA) is 131 Å². The molecule has 8 rings (SSSR count). The van der Waals surface area contributed by atoms with E-state index in [1.807, 2.05) is 36.5 Å². The minimum atomic E-state index is -0.0839. The summed E-state index contributed by atoms with van der Waals surface area (Å²) in [6, 6.07) is 15.5. The molecule has 0 radical (unpaired) electrons. The Kier molecular flexibility index (Phi) is 10.1. The summed E-state index contributed by atoms with van der Waals surface area (Å²) in [4.78, 5) is 32.8. The molecule has 3 aliphatic carbocycles. The number of aromatic nitrogens is 4. The Morgan fingerprint density at radius 2 is 1.61 bits per heavy atom. The van der Waals surface area contributed by atoms with Crippen molar-refractivity contribution in [2.75, 3.05) is 37.4 Å². The standard InChI is InChI=1S/C33H32N8O2.C6H12/c34-30-28(29-10-4-24(20-36-29)33(12-13-33)41-15-17-43-18-16-41)21-37-32(40-30)39-26-5-1-22(2-6-26)3-7-27-19-23(11-14-35-27)31(42)38-25-8-9-25;1-2-4-6-5-3-1/h1-2,4-6,10-11,14,19-21,25H,8-9,12-13,15-18H2,(H,38,42)(H3,34,37,39,40);1-6H2. The van der Waals surface area contributed by atoms with Crippen molar-refractivity contribution in [2.45, 2.75) is 75.8 Å². The predicted octanol–water partition coefficient (Wildman–Crippen LogP) is 6.21. The third-order valence-corrected chi connectivity index (χ3v) is 9.65. The Bertz CT molecular complexity index is 1790. The van der Waals surface area contributed by atoms with E-state index in [1.54, 1.807) is 24.5 Å². The predicted molar refractivity (Wildman–Crippen MR) is 191 cm³/mol. The fraction of sp³-hybridized carbons (Fsp3) is 0.410. The fourth-order valence-electron chi connectivity index (χ4n) is 6.48. The number of nitrogens with one attached hydrogen (secondary N) is 2. The second kappa shape index (κ2) is 15.1. The van der Waals surface area contributed by atoms with Crippen LogP contribution in [0.1, 0.15) is 91.4 Å². The first-order valence-electron chi connectivity index (χ1n) is 17.6. The molecular formula is C39H44N8O2. The van der Waals surface area contributed by atoms with Crippen LogP contribution in [0.4, 0.5) is 17.5 Å². The number of nitrogens with zero attached hydrogens (tertiary/aromatic N) is 5. The number of nitrogen functional groups attached to an aromatic ring is 1. The Hall–Kier alpha value is -4.85. The summed E-state index contributed by atoms with van der Waals surface area (Å²) in [6.45, 7) is 3.49. The number of ether oxygens (including phenoxy) is 1. The zero-order valence-corrected chi connectivity index (χ0v) is 28.0. The second-order valence-electron chi connectivity index (χ2n) is 13.3. The SMILES string of the molecule is C1CCCCC1.Nc1nc(Nc2ccc(C#Cc3cc(C(=O)NC4CC4)ccn3)cc2)ncc1-c1ccc(C2(N3CCOCC3)CC2)cn1. The van der Waals surface area contributed by atoms with Gasteiger partial charge in [-0.2, -0.15) is 4.98 Å². The third-order valence-electron chi connectivity index (χ3n) is 9.65. The van der Waals surface area contributed by atoms with Gasteiger partial charge in [-0.3, -0.25) is 14.7 Å². The Balaban J connectivity index is 0.000000571. The highest BCUT2D eigenvalue weighted by molar-refractivity contribution is 5.94. The molecule has 4 heterocycles. The smallest absolute Gasteiger partial charge is 0.251 e. The number of morpholine rings is 1. The molecule has 4 aliphatic rings. The van der Waals surface area contributed by atoms with E-state index in [0.717, 1.165) is 68.9 Å². The largest absolute Gasteiger partial charge is 0.383 e. The van der Waals surface area contributed by atoms with Crippen molar-refractivity contribution in [3.05, 3.63) is 89.5 Å². The van der Waals surface area contributed by atoms with Crippen molar-refractivity contribution in [1.82, 2.24) is 30.2 Å². The van der Waals surface area contributed by atoms with Gasteiger partial charge in [0.1, 0.15) is 11.5 Å². The number of carbonyl (C=O) groups excluding carboxylic acids is 1. The van der Waals surface area contributed by atoms with Gasteiger partial charge < -0.3 is 21.1 Å². The first-order chi connectivity index (χ1) is 24.1. The molecule has 10 heteroatoms. The number of benzene rings is 1. The summed E-state index contributed by atoms with van der Waals surface area (Å²) in [6.07, 6.45) is 18.7. The summed E-state index contributed by atoms with van der Waals surface area (Å²) in [5.74, 6) is 6.81. The fourth-order valence-corrected chi connectivity index (χ4v) is 6.48. The van der Waals surface area contributed by atoms with E-state index in [2.05, 4.69) is 48.4 Å². The molecule has 4 fully saturated rings. The Morgan fingerprint density at radius 3 is 2.24 bits per heavy atom. The maximum Gasteiger partial charge on any atom is 0.251 e. The number of hydrogen-bond acceptors (Lipinski definition) is 9. The van der Waals surface area contributed by atoms with Gasteiger partial charge >= 0.3 is 0 Å². The third kappa shape index (κ3) is 8.42. The van der Waals surface area contributed by atoms with Gasteiger partial charge in [-0.25, -0.2) is 9.97 Å². The van der Waals surface area contributed by atoms with Crippen LogP contribution < -0.4 is 16.4 Å². The van der Waals surface area contributed by atoms with Crippen LogP contribution in [0.2, 0.25) is 0 Å². The minimum absolute atomic E-state index is 0.0839. The van der Waals surface area contributed by atoms with E-state index in [1.165, 1.54) is 44.1 Å². The van der Waals surface area contributed by atoms with Gasteiger partial charge in [0.15, 0.2) is 0 Å². The molecular weight excluding hydrogens is 612 g/mol. The van der Waals surface area contributed by atoms with Crippen LogP contribution in [-0.2, 0) is 10.3 Å². The van der Waals surface area contributed by atoms with E-state index < -0.39 is 0 Å². The highest BCUT2D eigenvalue weighted by atomic mass is 16.5. The van der Waals surface area contributed by atoms with Gasteiger partial charge in [0, 0.05) is 60.1 Å². The average Bonchev–Trinajstić information content (AvgIpc) is 4.10. The quantitative estimate of drug-likeness (QED) is 0.199. The summed E-state index contributed by atoms with van der Waals surface area (Å²) in [5.41, 5.74) is 11.8. The first kappa shape index (κ1) is 32.7. The van der Waals surface area contributed by atoms with Crippen LogP contribution in [0.15, 0.2) is 67.1 Å². The number of anilines is 3.